The Labute approximate surface area is 95.9 Å². The van der Waals surface area contributed by atoms with Gasteiger partial charge in [-0.3, -0.25) is 0 Å². The maximum absolute atomic E-state index is 9.30. The van der Waals surface area contributed by atoms with Gasteiger partial charge < -0.3 is 10.2 Å². The fourth-order valence-electron chi connectivity index (χ4n) is 2.10. The molecule has 2 heteroatoms. The van der Waals surface area contributed by atoms with Gasteiger partial charge in [0.2, 0.25) is 0 Å². The smallest absolute Gasteiger partial charge is 0.120 e. The molecule has 0 aliphatic heterocycles. The zero-order valence-corrected chi connectivity index (χ0v) is 9.24. The van der Waals surface area contributed by atoms with Crippen LogP contribution in [0.4, 0.5) is 0 Å². The largest absolute Gasteiger partial charge is 0.508 e. The van der Waals surface area contributed by atoms with Gasteiger partial charge >= 0.3 is 0 Å². The molecule has 0 saturated heterocycles. The molecule has 1 aliphatic rings. The first-order valence-corrected chi connectivity index (χ1v) is 5.78. The highest BCUT2D eigenvalue weighted by Gasteiger charge is 2.09. The fraction of sp³-hybridized carbons (Fsp3) is 0.429. The van der Waals surface area contributed by atoms with E-state index in [0.717, 1.165) is 0 Å². The normalized spacial score (nSPS) is 16.5. The summed E-state index contributed by atoms with van der Waals surface area (Å²) in [6.07, 6.45) is 6.22. The van der Waals surface area contributed by atoms with Gasteiger partial charge in [-0.1, -0.05) is 31.1 Å². The summed E-state index contributed by atoms with van der Waals surface area (Å²) in [5, 5.41) is 18.6. The monoisotopic (exact) mass is 216 g/mol. The van der Waals surface area contributed by atoms with Crippen molar-refractivity contribution in [3.8, 4) is 23.3 Å². The second kappa shape index (κ2) is 4.94. The Morgan fingerprint density at radius 1 is 0.938 bits per heavy atom. The van der Waals surface area contributed by atoms with E-state index in [1.54, 1.807) is 12.1 Å². The first-order chi connectivity index (χ1) is 7.74. The molecule has 0 bridgehead atoms. The van der Waals surface area contributed by atoms with Crippen LogP contribution in [0.3, 0.4) is 0 Å². The van der Waals surface area contributed by atoms with Crippen LogP contribution in [0.5, 0.6) is 11.5 Å². The van der Waals surface area contributed by atoms with Gasteiger partial charge in [0.15, 0.2) is 0 Å². The van der Waals surface area contributed by atoms with E-state index in [2.05, 4.69) is 11.8 Å². The number of phenolic OH excluding ortho intramolecular Hbond substituents is 2. The molecule has 2 nitrogen and oxygen atoms in total. The van der Waals surface area contributed by atoms with E-state index in [1.165, 1.54) is 38.2 Å². The maximum atomic E-state index is 9.30. The molecule has 2 N–H and O–H groups in total. The van der Waals surface area contributed by atoms with Gasteiger partial charge in [-0.15, -0.1) is 0 Å². The fourth-order valence-corrected chi connectivity index (χ4v) is 2.10. The van der Waals surface area contributed by atoms with E-state index in [-0.39, 0.29) is 11.5 Å². The van der Waals surface area contributed by atoms with E-state index >= 15 is 0 Å². The lowest BCUT2D eigenvalue weighted by atomic mass is 9.90. The van der Waals surface area contributed by atoms with Crippen LogP contribution in [0.15, 0.2) is 18.2 Å². The molecule has 1 aromatic rings. The van der Waals surface area contributed by atoms with Crippen molar-refractivity contribution < 1.29 is 10.2 Å². The number of phenols is 2. The molecule has 1 fully saturated rings. The number of aromatic hydroxyl groups is 2. The first kappa shape index (κ1) is 10.9. The summed E-state index contributed by atoms with van der Waals surface area (Å²) < 4.78 is 0. The molecular weight excluding hydrogens is 200 g/mol. The van der Waals surface area contributed by atoms with Gasteiger partial charge in [-0.2, -0.15) is 0 Å². The second-order valence-corrected chi connectivity index (χ2v) is 4.34. The number of benzene rings is 1. The molecule has 0 amide bonds. The molecule has 2 rings (SSSR count). The van der Waals surface area contributed by atoms with E-state index in [1.807, 2.05) is 0 Å². The average molecular weight is 216 g/mol. The molecule has 0 heterocycles. The predicted molar refractivity (Wildman–Crippen MR) is 63.2 cm³/mol. The van der Waals surface area contributed by atoms with Crippen molar-refractivity contribution in [2.45, 2.75) is 32.1 Å². The third-order valence-corrected chi connectivity index (χ3v) is 2.93. The third kappa shape index (κ3) is 2.93. The van der Waals surface area contributed by atoms with Gasteiger partial charge in [-0.05, 0) is 25.0 Å². The lowest BCUT2D eigenvalue weighted by molar-refractivity contribution is 0.430. The predicted octanol–water partition coefficient (Wildman–Crippen LogP) is 3.03. The molecule has 1 aliphatic carbocycles. The van der Waals surface area contributed by atoms with Crippen molar-refractivity contribution in [1.82, 2.24) is 0 Å². The SMILES string of the molecule is Oc1cc(O)cc(C#CC2CCCCC2)c1. The minimum atomic E-state index is 0.0629. The van der Waals surface area contributed by atoms with Crippen LogP contribution in [-0.2, 0) is 0 Å². The van der Waals surface area contributed by atoms with Crippen molar-refractivity contribution >= 4 is 0 Å². The second-order valence-electron chi connectivity index (χ2n) is 4.34. The topological polar surface area (TPSA) is 40.5 Å². The van der Waals surface area contributed by atoms with Crippen LogP contribution >= 0.6 is 0 Å². The lowest BCUT2D eigenvalue weighted by Gasteiger charge is -2.15. The van der Waals surface area contributed by atoms with Crippen LogP contribution in [0.25, 0.3) is 0 Å². The molecular formula is C14H16O2. The zero-order valence-electron chi connectivity index (χ0n) is 9.24. The highest BCUT2D eigenvalue weighted by molar-refractivity contribution is 5.45. The van der Waals surface area contributed by atoms with Crippen molar-refractivity contribution in [1.29, 1.82) is 0 Å². The Hall–Kier alpha value is -1.62. The minimum Gasteiger partial charge on any atom is -0.508 e. The Kier molecular flexibility index (Phi) is 3.36. The minimum absolute atomic E-state index is 0.0629. The molecule has 84 valence electrons. The molecule has 1 aromatic carbocycles. The summed E-state index contributed by atoms with van der Waals surface area (Å²) in [7, 11) is 0. The number of hydrogen-bond donors (Lipinski definition) is 2. The third-order valence-electron chi connectivity index (χ3n) is 2.93. The van der Waals surface area contributed by atoms with Gasteiger partial charge in [0, 0.05) is 17.5 Å². The van der Waals surface area contributed by atoms with Gasteiger partial charge in [-0.25, -0.2) is 0 Å². The quantitative estimate of drug-likeness (QED) is 0.654. The standard InChI is InChI=1S/C14H16O2/c15-13-8-12(9-14(16)10-13)7-6-11-4-2-1-3-5-11/h8-11,15-16H,1-5H2. The van der Waals surface area contributed by atoms with Gasteiger partial charge in [0.05, 0.1) is 0 Å². The molecule has 0 spiro atoms. The summed E-state index contributed by atoms with van der Waals surface area (Å²) in [6, 6.07) is 4.47. The molecule has 0 unspecified atom stereocenters. The van der Waals surface area contributed by atoms with Crippen LogP contribution < -0.4 is 0 Å². The van der Waals surface area contributed by atoms with Crippen LogP contribution in [0.1, 0.15) is 37.7 Å². The Morgan fingerprint density at radius 2 is 1.56 bits per heavy atom. The lowest BCUT2D eigenvalue weighted by Crippen LogP contribution is -2.02. The Bertz CT molecular complexity index is 400. The van der Waals surface area contributed by atoms with Gasteiger partial charge in [0.1, 0.15) is 11.5 Å². The summed E-state index contributed by atoms with van der Waals surface area (Å²) in [5.74, 6) is 6.86. The molecule has 0 aromatic heterocycles. The zero-order chi connectivity index (χ0) is 11.4. The number of rotatable bonds is 0. The van der Waals surface area contributed by atoms with Crippen LogP contribution in [0.2, 0.25) is 0 Å². The van der Waals surface area contributed by atoms with E-state index in [0.29, 0.717) is 11.5 Å². The van der Waals surface area contributed by atoms with Gasteiger partial charge in [0.25, 0.3) is 0 Å². The first-order valence-electron chi connectivity index (χ1n) is 5.78. The molecule has 0 atom stereocenters. The van der Waals surface area contributed by atoms with Crippen molar-refractivity contribution in [2.75, 3.05) is 0 Å². The summed E-state index contributed by atoms with van der Waals surface area (Å²) in [6.45, 7) is 0. The number of hydrogen-bond acceptors (Lipinski definition) is 2. The molecule has 0 radical (unpaired) electrons. The van der Waals surface area contributed by atoms with Crippen molar-refractivity contribution in [2.24, 2.45) is 5.92 Å². The summed E-state index contributed by atoms with van der Waals surface area (Å²) in [5.41, 5.74) is 0.683. The van der Waals surface area contributed by atoms with E-state index < -0.39 is 0 Å². The van der Waals surface area contributed by atoms with Crippen molar-refractivity contribution in [3.05, 3.63) is 23.8 Å². The summed E-state index contributed by atoms with van der Waals surface area (Å²) in [4.78, 5) is 0. The molecule has 1 saturated carbocycles. The van der Waals surface area contributed by atoms with Crippen LogP contribution in [-0.4, -0.2) is 10.2 Å². The Balaban J connectivity index is 2.10. The highest BCUT2D eigenvalue weighted by Crippen LogP contribution is 2.23. The highest BCUT2D eigenvalue weighted by atomic mass is 16.3. The summed E-state index contributed by atoms with van der Waals surface area (Å²) >= 11 is 0. The van der Waals surface area contributed by atoms with Crippen LogP contribution in [0, 0.1) is 17.8 Å². The average Bonchev–Trinajstić information content (AvgIpc) is 2.27. The van der Waals surface area contributed by atoms with Crippen molar-refractivity contribution in [3.63, 3.8) is 0 Å². The van der Waals surface area contributed by atoms with E-state index in [4.69, 9.17) is 0 Å². The van der Waals surface area contributed by atoms with E-state index in [9.17, 15) is 10.2 Å². The maximum Gasteiger partial charge on any atom is 0.120 e. The Morgan fingerprint density at radius 3 is 2.19 bits per heavy atom. The molecule has 16 heavy (non-hydrogen) atoms.